The van der Waals surface area contributed by atoms with Crippen LogP contribution < -0.4 is 5.32 Å². The van der Waals surface area contributed by atoms with Gasteiger partial charge in [0.2, 0.25) is 0 Å². The van der Waals surface area contributed by atoms with Gasteiger partial charge in [0.05, 0.1) is 6.33 Å². The minimum Gasteiger partial charge on any atom is -0.337 e. The first-order chi connectivity index (χ1) is 9.13. The lowest BCUT2D eigenvalue weighted by Gasteiger charge is -2.16. The minimum atomic E-state index is -0.356. The van der Waals surface area contributed by atoms with E-state index in [0.29, 0.717) is 6.54 Å². The number of aryl methyl sites for hydroxylation is 1. The number of hydrogen-bond donors (Lipinski definition) is 1. The van der Waals surface area contributed by atoms with Crippen LogP contribution in [-0.2, 0) is 11.3 Å². The second kappa shape index (κ2) is 5.86. The van der Waals surface area contributed by atoms with Gasteiger partial charge < -0.3 is 9.88 Å². The fraction of sp³-hybridized carbons (Fsp3) is 0.615. The Morgan fingerprint density at radius 3 is 2.84 bits per heavy atom. The van der Waals surface area contributed by atoms with Gasteiger partial charge in [-0.05, 0) is 12.3 Å². The molecule has 1 aliphatic heterocycles. The third kappa shape index (κ3) is 2.94. The third-order valence-corrected chi connectivity index (χ3v) is 3.63. The molecule has 2 atom stereocenters. The Labute approximate surface area is 112 Å². The first kappa shape index (κ1) is 13.6. The van der Waals surface area contributed by atoms with E-state index in [2.05, 4.69) is 10.3 Å². The lowest BCUT2D eigenvalue weighted by Crippen LogP contribution is -2.36. The number of hydrogen-bond acceptors (Lipinski definition) is 3. The number of amides is 3. The average molecular weight is 264 g/mol. The van der Waals surface area contributed by atoms with Crippen LogP contribution >= 0.6 is 0 Å². The summed E-state index contributed by atoms with van der Waals surface area (Å²) in [5, 5.41) is 2.77. The number of carbonyl (C=O) groups excluding carboxylic acids is 2. The Balaban J connectivity index is 1.86. The molecule has 1 aromatic rings. The van der Waals surface area contributed by atoms with Crippen molar-refractivity contribution < 1.29 is 9.59 Å². The van der Waals surface area contributed by atoms with Crippen LogP contribution in [0, 0.1) is 5.92 Å². The predicted octanol–water partition coefficient (Wildman–Crippen LogP) is 1.24. The SMILES string of the molecule is CCC(C)C1NC(=O)N(CCCn2ccnc2)C1=O. The average Bonchev–Trinajstić information content (AvgIpc) is 3.00. The first-order valence-electron chi connectivity index (χ1n) is 6.71. The molecule has 0 radical (unpaired) electrons. The van der Waals surface area contributed by atoms with Gasteiger partial charge in [-0.15, -0.1) is 0 Å². The van der Waals surface area contributed by atoms with Gasteiger partial charge in [-0.1, -0.05) is 20.3 Å². The Bertz CT molecular complexity index is 444. The Kier molecular flexibility index (Phi) is 4.19. The van der Waals surface area contributed by atoms with E-state index in [9.17, 15) is 9.59 Å². The standard InChI is InChI=1S/C13H20N4O2/c1-3-10(2)11-12(18)17(13(19)15-11)7-4-6-16-8-5-14-9-16/h5,8-11H,3-4,6-7H2,1-2H3,(H,15,19). The van der Waals surface area contributed by atoms with Crippen molar-refractivity contribution in [3.63, 3.8) is 0 Å². The van der Waals surface area contributed by atoms with Crippen LogP contribution in [0.25, 0.3) is 0 Å². The van der Waals surface area contributed by atoms with Crippen LogP contribution in [0.1, 0.15) is 26.7 Å². The molecule has 104 valence electrons. The molecule has 6 nitrogen and oxygen atoms in total. The molecule has 0 aliphatic carbocycles. The molecule has 0 bridgehead atoms. The highest BCUT2D eigenvalue weighted by molar-refractivity contribution is 6.04. The van der Waals surface area contributed by atoms with Crippen LogP contribution in [0.4, 0.5) is 4.79 Å². The number of urea groups is 1. The quantitative estimate of drug-likeness (QED) is 0.786. The van der Waals surface area contributed by atoms with E-state index in [1.54, 1.807) is 12.5 Å². The van der Waals surface area contributed by atoms with Gasteiger partial charge in [0.15, 0.2) is 0 Å². The molecule has 1 aromatic heterocycles. The number of rotatable bonds is 6. The van der Waals surface area contributed by atoms with Gasteiger partial charge in [0.25, 0.3) is 5.91 Å². The van der Waals surface area contributed by atoms with Crippen LogP contribution in [0.2, 0.25) is 0 Å². The van der Waals surface area contributed by atoms with Crippen molar-refractivity contribution in [1.29, 1.82) is 0 Å². The number of aromatic nitrogens is 2. The molecule has 19 heavy (non-hydrogen) atoms. The number of imide groups is 1. The van der Waals surface area contributed by atoms with Crippen LogP contribution in [0.5, 0.6) is 0 Å². The second-order valence-corrected chi connectivity index (χ2v) is 4.96. The molecule has 1 N–H and O–H groups in total. The summed E-state index contributed by atoms with van der Waals surface area (Å²) < 4.78 is 1.94. The smallest absolute Gasteiger partial charge is 0.324 e. The molecular weight excluding hydrogens is 244 g/mol. The summed E-state index contributed by atoms with van der Waals surface area (Å²) in [6.45, 7) is 5.21. The van der Waals surface area contributed by atoms with Gasteiger partial charge in [0, 0.05) is 25.5 Å². The maximum absolute atomic E-state index is 12.1. The summed E-state index contributed by atoms with van der Waals surface area (Å²) in [5.41, 5.74) is 0. The topological polar surface area (TPSA) is 67.2 Å². The number of carbonyl (C=O) groups is 2. The van der Waals surface area contributed by atoms with Crippen LogP contribution in [0.3, 0.4) is 0 Å². The van der Waals surface area contributed by atoms with Crippen molar-refractivity contribution >= 4 is 11.9 Å². The summed E-state index contributed by atoms with van der Waals surface area (Å²) in [4.78, 5) is 29.2. The molecule has 0 saturated carbocycles. The van der Waals surface area contributed by atoms with E-state index >= 15 is 0 Å². The van der Waals surface area contributed by atoms with Crippen molar-refractivity contribution in [3.05, 3.63) is 18.7 Å². The minimum absolute atomic E-state index is 0.0926. The summed E-state index contributed by atoms with van der Waals surface area (Å²) in [5.74, 6) is 0.0834. The lowest BCUT2D eigenvalue weighted by molar-refractivity contribution is -0.128. The van der Waals surface area contributed by atoms with Crippen molar-refractivity contribution in [2.45, 2.75) is 39.3 Å². The van der Waals surface area contributed by atoms with Crippen LogP contribution in [-0.4, -0.2) is 39.0 Å². The van der Waals surface area contributed by atoms with E-state index < -0.39 is 0 Å². The van der Waals surface area contributed by atoms with Crippen molar-refractivity contribution in [2.75, 3.05) is 6.54 Å². The van der Waals surface area contributed by atoms with Gasteiger partial charge >= 0.3 is 6.03 Å². The van der Waals surface area contributed by atoms with Gasteiger partial charge in [-0.25, -0.2) is 9.78 Å². The highest BCUT2D eigenvalue weighted by Gasteiger charge is 2.39. The Hall–Kier alpha value is -1.85. The van der Waals surface area contributed by atoms with Crippen molar-refractivity contribution in [2.24, 2.45) is 5.92 Å². The van der Waals surface area contributed by atoms with E-state index in [0.717, 1.165) is 19.4 Å². The molecule has 0 spiro atoms. The highest BCUT2D eigenvalue weighted by atomic mass is 16.2. The Morgan fingerprint density at radius 1 is 1.42 bits per heavy atom. The maximum Gasteiger partial charge on any atom is 0.324 e. The molecule has 2 unspecified atom stereocenters. The molecular formula is C13H20N4O2. The molecule has 6 heteroatoms. The predicted molar refractivity (Wildman–Crippen MR) is 70.3 cm³/mol. The summed E-state index contributed by atoms with van der Waals surface area (Å²) in [6.07, 6.45) is 6.93. The number of nitrogens with one attached hydrogen (secondary N) is 1. The third-order valence-electron chi connectivity index (χ3n) is 3.63. The Morgan fingerprint density at radius 2 is 2.21 bits per heavy atom. The number of imidazole rings is 1. The fourth-order valence-corrected chi connectivity index (χ4v) is 2.20. The van der Waals surface area contributed by atoms with Crippen molar-refractivity contribution in [1.82, 2.24) is 19.8 Å². The van der Waals surface area contributed by atoms with Gasteiger partial charge in [0.1, 0.15) is 6.04 Å². The molecule has 2 heterocycles. The molecule has 1 aliphatic rings. The van der Waals surface area contributed by atoms with E-state index in [4.69, 9.17) is 0 Å². The molecule has 3 amide bonds. The maximum atomic E-state index is 12.1. The summed E-state index contributed by atoms with van der Waals surface area (Å²) in [7, 11) is 0. The summed E-state index contributed by atoms with van der Waals surface area (Å²) in [6, 6.07) is -0.619. The van der Waals surface area contributed by atoms with Gasteiger partial charge in [-0.3, -0.25) is 9.69 Å². The zero-order chi connectivity index (χ0) is 13.8. The zero-order valence-electron chi connectivity index (χ0n) is 11.4. The lowest BCUT2D eigenvalue weighted by atomic mass is 9.99. The molecule has 1 fully saturated rings. The van der Waals surface area contributed by atoms with Gasteiger partial charge in [-0.2, -0.15) is 0 Å². The monoisotopic (exact) mass is 264 g/mol. The largest absolute Gasteiger partial charge is 0.337 e. The normalized spacial score (nSPS) is 20.7. The zero-order valence-corrected chi connectivity index (χ0v) is 11.4. The fourth-order valence-electron chi connectivity index (χ4n) is 2.20. The molecule has 0 aromatic carbocycles. The molecule has 1 saturated heterocycles. The number of nitrogens with zero attached hydrogens (tertiary/aromatic N) is 3. The molecule has 2 rings (SSSR count). The van der Waals surface area contributed by atoms with E-state index in [-0.39, 0.29) is 23.9 Å². The van der Waals surface area contributed by atoms with E-state index in [1.807, 2.05) is 24.6 Å². The van der Waals surface area contributed by atoms with Crippen LogP contribution in [0.15, 0.2) is 18.7 Å². The van der Waals surface area contributed by atoms with E-state index in [1.165, 1.54) is 4.90 Å². The van der Waals surface area contributed by atoms with Crippen molar-refractivity contribution in [3.8, 4) is 0 Å². The highest BCUT2D eigenvalue weighted by Crippen LogP contribution is 2.17. The summed E-state index contributed by atoms with van der Waals surface area (Å²) >= 11 is 0. The first-order valence-corrected chi connectivity index (χ1v) is 6.71. The second-order valence-electron chi connectivity index (χ2n) is 4.96.